The van der Waals surface area contributed by atoms with E-state index >= 15 is 0 Å². The highest BCUT2D eigenvalue weighted by Crippen LogP contribution is 2.51. The number of anilines is 1. The number of benzene rings is 2. The van der Waals surface area contributed by atoms with Gasteiger partial charge >= 0.3 is 12.4 Å². The highest BCUT2D eigenvalue weighted by Gasteiger charge is 2.71. The van der Waals surface area contributed by atoms with Gasteiger partial charge in [0.15, 0.2) is 0 Å². The third-order valence-corrected chi connectivity index (χ3v) is 9.94. The summed E-state index contributed by atoms with van der Waals surface area (Å²) < 4.78 is 123. The lowest BCUT2D eigenvalue weighted by Gasteiger charge is -2.39. The van der Waals surface area contributed by atoms with Crippen LogP contribution < -0.4 is 4.31 Å². The van der Waals surface area contributed by atoms with Crippen LogP contribution in [0.15, 0.2) is 47.4 Å². The van der Waals surface area contributed by atoms with Gasteiger partial charge in [-0.15, -0.1) is 0 Å². The number of ketones is 1. The van der Waals surface area contributed by atoms with Crippen LogP contribution >= 0.6 is 0 Å². The molecule has 4 rings (SSSR count). The van der Waals surface area contributed by atoms with Crippen LogP contribution in [0.25, 0.3) is 0 Å². The number of nitrogens with zero attached hydrogens (tertiary/aromatic N) is 1. The fourth-order valence-electron chi connectivity index (χ4n) is 5.75. The van der Waals surface area contributed by atoms with Crippen LogP contribution in [0.4, 0.5) is 36.4 Å². The van der Waals surface area contributed by atoms with Crippen LogP contribution in [0.5, 0.6) is 0 Å². The molecule has 0 unspecified atom stereocenters. The predicted molar refractivity (Wildman–Crippen MR) is 133 cm³/mol. The van der Waals surface area contributed by atoms with Gasteiger partial charge in [-0.25, -0.2) is 12.8 Å². The van der Waals surface area contributed by atoms with E-state index in [9.17, 15) is 54.2 Å². The number of rotatable bonds is 7. The Morgan fingerprint density at radius 2 is 1.61 bits per heavy atom. The molecule has 41 heavy (non-hydrogen) atoms. The minimum Gasteiger partial charge on any atom is -0.390 e. The summed E-state index contributed by atoms with van der Waals surface area (Å²) >= 11 is 0. The number of Topliss-reactive ketones (excluding diaryl/α,β-unsaturated/α-hetero) is 1. The maximum absolute atomic E-state index is 13.7. The molecule has 1 heterocycles. The summed E-state index contributed by atoms with van der Waals surface area (Å²) in [7, 11) is -4.58. The number of hydrogen-bond acceptors (Lipinski definition) is 5. The van der Waals surface area contributed by atoms with Crippen molar-refractivity contribution in [2.45, 2.75) is 86.4 Å². The van der Waals surface area contributed by atoms with Crippen molar-refractivity contribution in [3.05, 3.63) is 59.4 Å². The number of hydrogen-bond donors (Lipinski definition) is 2. The van der Waals surface area contributed by atoms with Gasteiger partial charge in [0.05, 0.1) is 22.2 Å². The Labute approximate surface area is 231 Å². The summed E-state index contributed by atoms with van der Waals surface area (Å²) in [6.45, 7) is 1.61. The summed E-state index contributed by atoms with van der Waals surface area (Å²) in [6.07, 6.45) is -11.2. The van der Waals surface area contributed by atoms with Gasteiger partial charge in [-0.3, -0.25) is 9.10 Å². The average Bonchev–Trinajstić information content (AvgIpc) is 3.18. The summed E-state index contributed by atoms with van der Waals surface area (Å²) in [5.74, 6) is -1.47. The Kier molecular flexibility index (Phi) is 8.02. The van der Waals surface area contributed by atoms with Crippen LogP contribution in [-0.4, -0.2) is 48.4 Å². The molecular formula is C27H28F7NO5S. The topological polar surface area (TPSA) is 94.9 Å². The van der Waals surface area contributed by atoms with Gasteiger partial charge in [0.1, 0.15) is 11.6 Å². The van der Waals surface area contributed by atoms with Gasteiger partial charge in [0.2, 0.25) is 0 Å². The molecule has 1 saturated carbocycles. The van der Waals surface area contributed by atoms with Crippen molar-refractivity contribution in [2.75, 3.05) is 4.31 Å². The maximum atomic E-state index is 13.7. The first-order valence-electron chi connectivity index (χ1n) is 12.8. The molecule has 2 aromatic rings. The lowest BCUT2D eigenvalue weighted by atomic mass is 9.85. The normalized spacial score (nSPS) is 23.9. The van der Waals surface area contributed by atoms with Crippen molar-refractivity contribution < 1.29 is 54.2 Å². The molecule has 0 saturated heterocycles. The summed E-state index contributed by atoms with van der Waals surface area (Å²) in [5, 5.41) is 20.4. The lowest BCUT2D eigenvalue weighted by molar-refractivity contribution is -0.376. The van der Waals surface area contributed by atoms with Crippen molar-refractivity contribution in [1.29, 1.82) is 0 Å². The Morgan fingerprint density at radius 3 is 2.15 bits per heavy atom. The summed E-state index contributed by atoms with van der Waals surface area (Å²) in [6, 6.07) is 4.15. The first kappa shape index (κ1) is 31.2. The molecule has 2 aromatic carbocycles. The van der Waals surface area contributed by atoms with E-state index < -0.39 is 55.9 Å². The molecule has 1 aliphatic carbocycles. The average molecular weight is 612 g/mol. The Morgan fingerprint density at radius 1 is 1.00 bits per heavy atom. The standard InChI is InChI=1S/C27H28F7NO5S/c1-24(37)12-2-3-17(24)14-21(36)15-20-8-4-16-13-18(25(38,26(29,30)31)27(32,33)34)5-11-23(16)35(20)41(39,40)22-9-6-19(28)7-10-22/h5-7,9-11,13,17,20,37-38H,2-4,8,12,14-15H2,1H3/t17-,20-,24+/m0/s1. The van der Waals surface area contributed by atoms with Gasteiger partial charge in [-0.05, 0) is 74.4 Å². The molecule has 1 aliphatic heterocycles. The van der Waals surface area contributed by atoms with E-state index in [-0.39, 0.29) is 48.6 Å². The van der Waals surface area contributed by atoms with Gasteiger partial charge < -0.3 is 10.2 Å². The minimum atomic E-state index is -6.13. The van der Waals surface area contributed by atoms with Gasteiger partial charge in [-0.1, -0.05) is 18.6 Å². The molecule has 1 fully saturated rings. The van der Waals surface area contributed by atoms with Crippen molar-refractivity contribution >= 4 is 21.5 Å². The molecule has 0 spiro atoms. The predicted octanol–water partition coefficient (Wildman–Crippen LogP) is 5.55. The number of fused-ring (bicyclic) bond motifs is 1. The van der Waals surface area contributed by atoms with Crippen LogP contribution in [0.3, 0.4) is 0 Å². The molecule has 0 amide bonds. The van der Waals surface area contributed by atoms with Crippen molar-refractivity contribution in [3.63, 3.8) is 0 Å². The number of carbonyl (C=O) groups excluding carboxylic acids is 1. The number of aliphatic hydroxyl groups is 2. The smallest absolute Gasteiger partial charge is 0.390 e. The van der Waals surface area contributed by atoms with E-state index in [1.165, 1.54) is 0 Å². The van der Waals surface area contributed by atoms with Crippen LogP contribution in [0.1, 0.15) is 56.6 Å². The molecule has 226 valence electrons. The highest BCUT2D eigenvalue weighted by atomic mass is 32.2. The van der Waals surface area contributed by atoms with Gasteiger partial charge in [0, 0.05) is 18.4 Å². The number of halogens is 7. The monoisotopic (exact) mass is 611 g/mol. The minimum absolute atomic E-state index is 0.0378. The van der Waals surface area contributed by atoms with E-state index in [2.05, 4.69) is 0 Å². The molecule has 14 heteroatoms. The van der Waals surface area contributed by atoms with Gasteiger partial charge in [0.25, 0.3) is 15.6 Å². The van der Waals surface area contributed by atoms with E-state index in [0.717, 1.165) is 34.6 Å². The molecular weight excluding hydrogens is 583 g/mol. The molecule has 0 bridgehead atoms. The molecule has 2 aliphatic rings. The largest absolute Gasteiger partial charge is 0.430 e. The Balaban J connectivity index is 1.77. The van der Waals surface area contributed by atoms with Crippen LogP contribution in [0, 0.1) is 11.7 Å². The molecule has 3 atom stereocenters. The van der Waals surface area contributed by atoms with E-state index in [1.807, 2.05) is 0 Å². The van der Waals surface area contributed by atoms with Crippen molar-refractivity contribution in [1.82, 2.24) is 0 Å². The quantitative estimate of drug-likeness (QED) is 0.401. The second-order valence-electron chi connectivity index (χ2n) is 10.9. The third-order valence-electron chi connectivity index (χ3n) is 8.06. The number of alkyl halides is 6. The number of carbonyl (C=O) groups is 1. The van der Waals surface area contributed by atoms with E-state index in [1.54, 1.807) is 6.92 Å². The highest BCUT2D eigenvalue weighted by molar-refractivity contribution is 7.92. The fourth-order valence-corrected chi connectivity index (χ4v) is 7.46. The molecule has 0 radical (unpaired) electrons. The maximum Gasteiger partial charge on any atom is 0.430 e. The zero-order valence-corrected chi connectivity index (χ0v) is 22.6. The first-order valence-corrected chi connectivity index (χ1v) is 14.3. The second kappa shape index (κ2) is 10.5. The zero-order chi connectivity index (χ0) is 30.6. The zero-order valence-electron chi connectivity index (χ0n) is 21.8. The first-order chi connectivity index (χ1) is 18.8. The van der Waals surface area contributed by atoms with Crippen molar-refractivity contribution in [2.24, 2.45) is 5.92 Å². The van der Waals surface area contributed by atoms with Crippen molar-refractivity contribution in [3.8, 4) is 0 Å². The third kappa shape index (κ3) is 5.70. The van der Waals surface area contributed by atoms with Crippen LogP contribution in [-0.2, 0) is 26.8 Å². The SMILES string of the molecule is C[C@@]1(O)CCC[C@H]1CC(=O)C[C@@H]1CCc2cc(C(O)(C(F)(F)F)C(F)(F)F)ccc2N1S(=O)(=O)c1ccc(F)cc1. The summed E-state index contributed by atoms with van der Waals surface area (Å²) in [5.41, 5.74) is -8.29. The second-order valence-corrected chi connectivity index (χ2v) is 12.7. The van der Waals surface area contributed by atoms with Crippen LogP contribution in [0.2, 0.25) is 0 Å². The molecule has 2 N–H and O–H groups in total. The Hall–Kier alpha value is -2.71. The molecule has 6 nitrogen and oxygen atoms in total. The summed E-state index contributed by atoms with van der Waals surface area (Å²) in [4.78, 5) is 12.7. The Bertz CT molecular complexity index is 1390. The number of aryl methyl sites for hydroxylation is 1. The van der Waals surface area contributed by atoms with Gasteiger partial charge in [-0.2, -0.15) is 26.3 Å². The fraction of sp³-hybridized carbons (Fsp3) is 0.519. The van der Waals surface area contributed by atoms with E-state index in [0.29, 0.717) is 31.4 Å². The van der Waals surface area contributed by atoms with E-state index in [4.69, 9.17) is 0 Å². The lowest BCUT2D eigenvalue weighted by Crippen LogP contribution is -2.54. The number of sulfonamides is 1. The molecule has 0 aromatic heterocycles.